The van der Waals surface area contributed by atoms with E-state index < -0.39 is 14.8 Å². The van der Waals surface area contributed by atoms with E-state index in [2.05, 4.69) is 10.3 Å². The van der Waals surface area contributed by atoms with Crippen molar-refractivity contribution in [2.45, 2.75) is 9.79 Å². The topological polar surface area (TPSA) is 126 Å². The van der Waals surface area contributed by atoms with Crippen LogP contribution in [0.1, 0.15) is 0 Å². The van der Waals surface area contributed by atoms with Gasteiger partial charge in [-0.25, -0.2) is 13.1 Å². The second kappa shape index (κ2) is 8.71. The summed E-state index contributed by atoms with van der Waals surface area (Å²) in [5.74, 6) is 0.955. The molecule has 11 heteroatoms. The Hall–Kier alpha value is -4.25. The Kier molecular flexibility index (Phi) is 5.80. The summed E-state index contributed by atoms with van der Waals surface area (Å²) >= 11 is 0. The minimum atomic E-state index is -3.98. The minimum absolute atomic E-state index is 0.00325. The molecule has 0 aliphatic rings. The lowest BCUT2D eigenvalue weighted by atomic mass is 10.2. The zero-order chi connectivity index (χ0) is 23.6. The third kappa shape index (κ3) is 4.01. The Bertz CT molecular complexity index is 1430. The average molecular weight is 466 g/mol. The predicted molar refractivity (Wildman–Crippen MR) is 118 cm³/mol. The number of hydrogen-bond acceptors (Lipinski definition) is 8. The van der Waals surface area contributed by atoms with Crippen LogP contribution in [0.25, 0.3) is 16.9 Å². The second-order valence-corrected chi connectivity index (χ2v) is 8.73. The van der Waals surface area contributed by atoms with Crippen LogP contribution >= 0.6 is 0 Å². The number of rotatable bonds is 7. The van der Waals surface area contributed by atoms with Crippen molar-refractivity contribution in [2.24, 2.45) is 0 Å². The van der Waals surface area contributed by atoms with Crippen LogP contribution in [-0.2, 0) is 9.84 Å². The Morgan fingerprint density at radius 1 is 0.939 bits per heavy atom. The van der Waals surface area contributed by atoms with Gasteiger partial charge in [-0.3, -0.25) is 10.1 Å². The SMILES string of the molecule is COc1cccc(-n2cc(-c3ccccc3S(=O)(=O)c3ccc([N+](=O)[O-])cc3)nn2)c1OC. The molecule has 3 aromatic carbocycles. The molecule has 0 N–H and O–H groups in total. The number of ether oxygens (including phenoxy) is 2. The number of aromatic nitrogens is 3. The molecule has 1 aromatic heterocycles. The van der Waals surface area contributed by atoms with E-state index in [0.717, 1.165) is 12.1 Å². The summed E-state index contributed by atoms with van der Waals surface area (Å²) in [6.45, 7) is 0. The van der Waals surface area contributed by atoms with Crippen LogP contribution in [0.5, 0.6) is 11.5 Å². The Morgan fingerprint density at radius 2 is 1.67 bits per heavy atom. The maximum absolute atomic E-state index is 13.3. The highest BCUT2D eigenvalue weighted by Crippen LogP contribution is 2.35. The van der Waals surface area contributed by atoms with Crippen LogP contribution in [0.3, 0.4) is 0 Å². The molecule has 0 aliphatic carbocycles. The average Bonchev–Trinajstić information content (AvgIpc) is 3.33. The third-order valence-electron chi connectivity index (χ3n) is 4.93. The second-order valence-electron chi connectivity index (χ2n) is 6.81. The Morgan fingerprint density at radius 3 is 2.33 bits per heavy atom. The van der Waals surface area contributed by atoms with Gasteiger partial charge in [-0.05, 0) is 30.3 Å². The molecule has 0 aliphatic heterocycles. The van der Waals surface area contributed by atoms with E-state index in [1.54, 1.807) is 42.6 Å². The monoisotopic (exact) mass is 466 g/mol. The van der Waals surface area contributed by atoms with Crippen LogP contribution in [0.4, 0.5) is 5.69 Å². The number of methoxy groups -OCH3 is 2. The first-order valence-corrected chi connectivity index (χ1v) is 11.1. The Labute approximate surface area is 189 Å². The minimum Gasteiger partial charge on any atom is -0.493 e. The van der Waals surface area contributed by atoms with Gasteiger partial charge in [-0.15, -0.1) is 5.10 Å². The van der Waals surface area contributed by atoms with Crippen molar-refractivity contribution in [1.82, 2.24) is 15.0 Å². The summed E-state index contributed by atoms with van der Waals surface area (Å²) in [6.07, 6.45) is 1.58. The summed E-state index contributed by atoms with van der Waals surface area (Å²) in [5, 5.41) is 19.2. The molecule has 0 fully saturated rings. The van der Waals surface area contributed by atoms with Gasteiger partial charge >= 0.3 is 0 Å². The number of non-ortho nitro benzene ring substituents is 1. The zero-order valence-corrected chi connectivity index (χ0v) is 18.4. The first kappa shape index (κ1) is 22.0. The van der Waals surface area contributed by atoms with Gasteiger partial charge in [0.15, 0.2) is 11.5 Å². The fourth-order valence-electron chi connectivity index (χ4n) is 3.34. The summed E-state index contributed by atoms with van der Waals surface area (Å²) in [5.41, 5.74) is 1.02. The van der Waals surface area contributed by atoms with Crippen molar-refractivity contribution in [3.63, 3.8) is 0 Å². The van der Waals surface area contributed by atoms with Crippen molar-refractivity contribution in [3.05, 3.63) is 83.0 Å². The van der Waals surface area contributed by atoms with Crippen LogP contribution in [-0.4, -0.2) is 42.6 Å². The number of nitrogens with zero attached hydrogens (tertiary/aromatic N) is 4. The number of nitro groups is 1. The molecule has 0 saturated carbocycles. The summed E-state index contributed by atoms with van der Waals surface area (Å²) in [7, 11) is -0.957. The maximum Gasteiger partial charge on any atom is 0.269 e. The smallest absolute Gasteiger partial charge is 0.269 e. The maximum atomic E-state index is 13.3. The highest BCUT2D eigenvalue weighted by Gasteiger charge is 2.24. The molecular formula is C22H18N4O6S. The normalized spacial score (nSPS) is 11.2. The van der Waals surface area contributed by atoms with E-state index in [-0.39, 0.29) is 15.5 Å². The molecule has 0 spiro atoms. The lowest BCUT2D eigenvalue weighted by molar-refractivity contribution is -0.384. The summed E-state index contributed by atoms with van der Waals surface area (Å²) in [4.78, 5) is 10.2. The molecule has 1 heterocycles. The molecule has 0 radical (unpaired) electrons. The van der Waals surface area contributed by atoms with E-state index in [1.165, 1.54) is 37.1 Å². The van der Waals surface area contributed by atoms with Gasteiger partial charge in [0.1, 0.15) is 11.4 Å². The molecule has 168 valence electrons. The number of hydrogen-bond donors (Lipinski definition) is 0. The molecule has 10 nitrogen and oxygen atoms in total. The molecular weight excluding hydrogens is 448 g/mol. The highest BCUT2D eigenvalue weighted by atomic mass is 32.2. The summed E-state index contributed by atoms with van der Waals surface area (Å²) < 4.78 is 38.8. The first-order chi connectivity index (χ1) is 15.9. The Balaban J connectivity index is 1.78. The third-order valence-corrected chi connectivity index (χ3v) is 6.76. The van der Waals surface area contributed by atoms with Gasteiger partial charge in [0, 0.05) is 17.7 Å². The molecule has 0 atom stereocenters. The lowest BCUT2D eigenvalue weighted by Crippen LogP contribution is -2.04. The van der Waals surface area contributed by atoms with Crippen LogP contribution in [0, 0.1) is 10.1 Å². The fourth-order valence-corrected chi connectivity index (χ4v) is 4.81. The van der Waals surface area contributed by atoms with Gasteiger partial charge in [0.2, 0.25) is 9.84 Å². The molecule has 4 rings (SSSR count). The highest BCUT2D eigenvalue weighted by molar-refractivity contribution is 7.91. The van der Waals surface area contributed by atoms with Crippen LogP contribution < -0.4 is 9.47 Å². The lowest BCUT2D eigenvalue weighted by Gasteiger charge is -2.11. The molecule has 0 unspecified atom stereocenters. The van der Waals surface area contributed by atoms with Gasteiger partial charge in [0.05, 0.1) is 35.1 Å². The van der Waals surface area contributed by atoms with Crippen molar-refractivity contribution in [3.8, 4) is 28.4 Å². The quantitative estimate of drug-likeness (QED) is 0.298. The first-order valence-electron chi connectivity index (χ1n) is 9.59. The van der Waals surface area contributed by atoms with Crippen molar-refractivity contribution in [2.75, 3.05) is 14.2 Å². The number of benzene rings is 3. The van der Waals surface area contributed by atoms with Gasteiger partial charge in [-0.1, -0.05) is 29.5 Å². The number of sulfone groups is 1. The van der Waals surface area contributed by atoms with E-state index in [9.17, 15) is 18.5 Å². The zero-order valence-electron chi connectivity index (χ0n) is 17.6. The van der Waals surface area contributed by atoms with Gasteiger partial charge in [-0.2, -0.15) is 0 Å². The molecule has 0 bridgehead atoms. The predicted octanol–water partition coefficient (Wildman–Crippen LogP) is 3.69. The molecule has 0 saturated heterocycles. The van der Waals surface area contributed by atoms with E-state index in [4.69, 9.17) is 9.47 Å². The van der Waals surface area contributed by atoms with E-state index in [1.807, 2.05) is 0 Å². The van der Waals surface area contributed by atoms with Crippen LogP contribution in [0.15, 0.2) is 82.7 Å². The number of para-hydroxylation sites is 1. The van der Waals surface area contributed by atoms with E-state index in [0.29, 0.717) is 28.4 Å². The number of nitro benzene ring substituents is 1. The molecule has 4 aromatic rings. The molecule has 33 heavy (non-hydrogen) atoms. The largest absolute Gasteiger partial charge is 0.493 e. The van der Waals surface area contributed by atoms with Crippen molar-refractivity contribution in [1.29, 1.82) is 0 Å². The molecule has 0 amide bonds. The van der Waals surface area contributed by atoms with E-state index >= 15 is 0 Å². The fraction of sp³-hybridized carbons (Fsp3) is 0.0909. The van der Waals surface area contributed by atoms with Crippen molar-refractivity contribution < 1.29 is 22.8 Å². The van der Waals surface area contributed by atoms with Crippen LogP contribution in [0.2, 0.25) is 0 Å². The van der Waals surface area contributed by atoms with Gasteiger partial charge < -0.3 is 9.47 Å². The summed E-state index contributed by atoms with van der Waals surface area (Å²) in [6, 6.07) is 16.4. The van der Waals surface area contributed by atoms with Crippen molar-refractivity contribution >= 4 is 15.5 Å². The van der Waals surface area contributed by atoms with Gasteiger partial charge in [0.25, 0.3) is 5.69 Å². The standard InChI is InChI=1S/C22H18N4O6S/c1-31-20-8-5-7-19(22(20)32-2)25-14-18(23-24-25)17-6-3-4-9-21(17)33(29,30)16-12-10-15(11-13-16)26(27)28/h3-14H,1-2H3.